The molecule has 0 saturated carbocycles. The van der Waals surface area contributed by atoms with Gasteiger partial charge in [-0.25, -0.2) is 0 Å². The quantitative estimate of drug-likeness (QED) is 0.0265. The number of ether oxygens (including phenoxy) is 2. The largest absolute Gasteiger partial charge is 0.394 e. The van der Waals surface area contributed by atoms with E-state index in [2.05, 4.69) is 19.2 Å². The van der Waals surface area contributed by atoms with Crippen LogP contribution in [0.1, 0.15) is 239 Å². The summed E-state index contributed by atoms with van der Waals surface area (Å²) in [6.45, 7) is 3.29. The Bertz CT molecular complexity index is 993. The van der Waals surface area contributed by atoms with Crippen LogP contribution in [-0.2, 0) is 14.3 Å². The molecular formula is C50H99NO11. The predicted molar refractivity (Wildman–Crippen MR) is 249 cm³/mol. The monoisotopic (exact) mass is 890 g/mol. The highest BCUT2D eigenvalue weighted by molar-refractivity contribution is 5.80. The third kappa shape index (κ3) is 28.9. The molecule has 0 aliphatic carbocycles. The zero-order valence-electron chi connectivity index (χ0n) is 39.7. The van der Waals surface area contributed by atoms with Crippen molar-refractivity contribution in [3.8, 4) is 0 Å². The molecule has 12 nitrogen and oxygen atoms in total. The first-order valence-electron chi connectivity index (χ1n) is 26.0. The Morgan fingerprint density at radius 3 is 1.23 bits per heavy atom. The van der Waals surface area contributed by atoms with E-state index in [1.165, 1.54) is 161 Å². The summed E-state index contributed by atoms with van der Waals surface area (Å²) in [5.74, 6) is -0.776. The molecule has 0 aromatic heterocycles. The van der Waals surface area contributed by atoms with Gasteiger partial charge >= 0.3 is 0 Å². The fraction of sp³-hybridized carbons (Fsp3) is 0.980. The summed E-state index contributed by atoms with van der Waals surface area (Å²) >= 11 is 0. The third-order valence-electron chi connectivity index (χ3n) is 13.0. The molecule has 62 heavy (non-hydrogen) atoms. The molecule has 9 N–H and O–H groups in total. The van der Waals surface area contributed by atoms with Crippen molar-refractivity contribution in [2.24, 2.45) is 0 Å². The summed E-state index contributed by atoms with van der Waals surface area (Å²) in [4.78, 5) is 13.1. The van der Waals surface area contributed by atoms with Crippen molar-refractivity contribution in [3.05, 3.63) is 0 Å². The van der Waals surface area contributed by atoms with Crippen LogP contribution in [0.5, 0.6) is 0 Å². The minimum atomic E-state index is -1.71. The molecule has 1 rings (SSSR count). The Morgan fingerprint density at radius 1 is 0.500 bits per heavy atom. The van der Waals surface area contributed by atoms with Crippen LogP contribution < -0.4 is 5.32 Å². The molecule has 1 saturated heterocycles. The zero-order chi connectivity index (χ0) is 45.6. The number of carbonyl (C=O) groups excluding carboxylic acids is 1. The highest BCUT2D eigenvalue weighted by atomic mass is 16.7. The minimum absolute atomic E-state index is 0.214. The van der Waals surface area contributed by atoms with Crippen LogP contribution in [0.4, 0.5) is 0 Å². The normalized spacial score (nSPS) is 21.7. The molecule has 1 heterocycles. The number of rotatable bonds is 44. The highest BCUT2D eigenvalue weighted by Crippen LogP contribution is 2.23. The van der Waals surface area contributed by atoms with Gasteiger partial charge in [-0.3, -0.25) is 4.79 Å². The van der Waals surface area contributed by atoms with E-state index in [4.69, 9.17) is 9.47 Å². The van der Waals surface area contributed by atoms with Gasteiger partial charge in [0.2, 0.25) is 5.91 Å². The molecule has 0 spiro atoms. The maximum absolute atomic E-state index is 13.1. The van der Waals surface area contributed by atoms with Crippen LogP contribution in [0, 0.1) is 0 Å². The van der Waals surface area contributed by atoms with E-state index in [1.807, 2.05) is 0 Å². The van der Waals surface area contributed by atoms with Crippen LogP contribution in [0.2, 0.25) is 0 Å². The van der Waals surface area contributed by atoms with E-state index >= 15 is 0 Å². The molecule has 10 atom stereocenters. The van der Waals surface area contributed by atoms with Crippen molar-refractivity contribution in [3.63, 3.8) is 0 Å². The molecule has 12 heteroatoms. The van der Waals surface area contributed by atoms with Gasteiger partial charge in [-0.15, -0.1) is 0 Å². The first-order chi connectivity index (χ1) is 30.1. The predicted octanol–water partition coefficient (Wildman–Crippen LogP) is 8.42. The van der Waals surface area contributed by atoms with E-state index in [0.29, 0.717) is 12.8 Å². The SMILES string of the molecule is CCCCCCCCCCCCCCCCCCCCCCCCC(O)C(=O)NC(CO[C@H]1O[C@H](CO)[C@H](O)[C@H](O)[C@H]1O)C(O)C(O)C(O)CCCCCCCCCCCCC. The second kappa shape index (κ2) is 40.4. The fourth-order valence-corrected chi connectivity index (χ4v) is 8.64. The summed E-state index contributed by atoms with van der Waals surface area (Å²) in [5.41, 5.74) is 0. The number of unbranched alkanes of at least 4 members (excludes halogenated alkanes) is 31. The van der Waals surface area contributed by atoms with Crippen LogP contribution in [0.25, 0.3) is 0 Å². The van der Waals surface area contributed by atoms with Crippen molar-refractivity contribution in [2.45, 2.75) is 300 Å². The Morgan fingerprint density at radius 2 is 0.855 bits per heavy atom. The van der Waals surface area contributed by atoms with Crippen molar-refractivity contribution >= 4 is 5.91 Å². The molecule has 1 aliphatic heterocycles. The molecule has 0 radical (unpaired) electrons. The van der Waals surface area contributed by atoms with Crippen molar-refractivity contribution < 1.29 is 55.1 Å². The lowest BCUT2D eigenvalue weighted by Crippen LogP contribution is -2.61. The fourth-order valence-electron chi connectivity index (χ4n) is 8.64. The van der Waals surface area contributed by atoms with Crippen molar-refractivity contribution in [1.29, 1.82) is 0 Å². The second-order valence-electron chi connectivity index (χ2n) is 18.7. The molecule has 1 fully saturated rings. The number of amides is 1. The average molecular weight is 890 g/mol. The summed E-state index contributed by atoms with van der Waals surface area (Å²) in [6.07, 6.45) is 27.1. The van der Waals surface area contributed by atoms with Gasteiger partial charge < -0.3 is 55.6 Å². The molecule has 0 aromatic carbocycles. The molecule has 1 aliphatic rings. The smallest absolute Gasteiger partial charge is 0.249 e. The number of hydrogen-bond donors (Lipinski definition) is 9. The topological polar surface area (TPSA) is 209 Å². The Hall–Kier alpha value is -0.930. The summed E-state index contributed by atoms with van der Waals surface area (Å²) in [7, 11) is 0. The van der Waals surface area contributed by atoms with E-state index in [-0.39, 0.29) is 12.8 Å². The molecule has 5 unspecified atom stereocenters. The summed E-state index contributed by atoms with van der Waals surface area (Å²) < 4.78 is 11.0. The number of aliphatic hydroxyl groups excluding tert-OH is 8. The van der Waals surface area contributed by atoms with Gasteiger partial charge in [0.05, 0.1) is 25.4 Å². The lowest BCUT2D eigenvalue weighted by molar-refractivity contribution is -0.303. The molecular weight excluding hydrogens is 791 g/mol. The maximum Gasteiger partial charge on any atom is 0.249 e. The van der Waals surface area contributed by atoms with E-state index < -0.39 is 80.3 Å². The van der Waals surface area contributed by atoms with Gasteiger partial charge in [-0.2, -0.15) is 0 Å². The van der Waals surface area contributed by atoms with E-state index in [0.717, 1.165) is 38.5 Å². The Kier molecular flexibility index (Phi) is 38.5. The zero-order valence-corrected chi connectivity index (χ0v) is 39.7. The van der Waals surface area contributed by atoms with Gasteiger partial charge in [0.1, 0.15) is 42.7 Å². The van der Waals surface area contributed by atoms with Crippen LogP contribution in [0.15, 0.2) is 0 Å². The lowest BCUT2D eigenvalue weighted by Gasteiger charge is -2.40. The van der Waals surface area contributed by atoms with Gasteiger partial charge in [0.15, 0.2) is 6.29 Å². The van der Waals surface area contributed by atoms with Crippen molar-refractivity contribution in [1.82, 2.24) is 5.32 Å². The summed E-state index contributed by atoms with van der Waals surface area (Å²) in [5, 5.41) is 86.5. The number of nitrogens with one attached hydrogen (secondary N) is 1. The van der Waals surface area contributed by atoms with E-state index in [9.17, 15) is 45.6 Å². The highest BCUT2D eigenvalue weighted by Gasteiger charge is 2.45. The number of hydrogen-bond acceptors (Lipinski definition) is 11. The molecule has 1 amide bonds. The lowest BCUT2D eigenvalue weighted by atomic mass is 9.96. The number of carbonyl (C=O) groups is 1. The maximum atomic E-state index is 13.1. The Labute approximate surface area is 378 Å². The molecule has 0 aromatic rings. The molecule has 370 valence electrons. The van der Waals surface area contributed by atoms with Crippen LogP contribution in [0.3, 0.4) is 0 Å². The minimum Gasteiger partial charge on any atom is -0.394 e. The first-order valence-corrected chi connectivity index (χ1v) is 26.0. The molecule has 0 bridgehead atoms. The number of aliphatic hydroxyl groups is 8. The summed E-state index contributed by atoms with van der Waals surface area (Å²) in [6, 6.07) is -1.34. The standard InChI is InChI=1S/C50H99NO11/c1-3-5-7-9-11-13-15-16-17-18-19-20-21-22-23-24-25-27-29-31-33-35-37-42(54)49(60)51-40(39-61-50-48(59)47(58)46(57)43(38-52)62-50)44(55)45(56)41(53)36-34-32-30-28-26-14-12-10-8-6-4-2/h40-48,50,52-59H,3-39H2,1-2H3,(H,51,60)/t40?,41?,42?,43-,44?,45?,46+,47+,48-,50+/m1/s1. The van der Waals surface area contributed by atoms with Gasteiger partial charge in [-0.1, -0.05) is 226 Å². The van der Waals surface area contributed by atoms with Crippen molar-refractivity contribution in [2.75, 3.05) is 13.2 Å². The van der Waals surface area contributed by atoms with Gasteiger partial charge in [0.25, 0.3) is 0 Å². The first kappa shape index (κ1) is 59.1. The van der Waals surface area contributed by atoms with Crippen LogP contribution in [-0.4, -0.2) is 121 Å². The second-order valence-corrected chi connectivity index (χ2v) is 18.7. The van der Waals surface area contributed by atoms with Gasteiger partial charge in [-0.05, 0) is 12.8 Å². The van der Waals surface area contributed by atoms with Gasteiger partial charge in [0, 0.05) is 0 Å². The van der Waals surface area contributed by atoms with Crippen LogP contribution >= 0.6 is 0 Å². The third-order valence-corrected chi connectivity index (χ3v) is 13.0. The van der Waals surface area contributed by atoms with E-state index in [1.54, 1.807) is 0 Å². The Balaban J connectivity index is 2.38. The average Bonchev–Trinajstić information content (AvgIpc) is 3.27.